The largest absolute Gasteiger partial charge is 0.185 e. The van der Waals surface area contributed by atoms with Crippen LogP contribution in [0.3, 0.4) is 0 Å². The van der Waals surface area contributed by atoms with Gasteiger partial charge in [0.25, 0.3) is 0 Å². The van der Waals surface area contributed by atoms with Gasteiger partial charge in [0, 0.05) is 14.8 Å². The molecule has 0 saturated carbocycles. The zero-order chi connectivity index (χ0) is 11.1. The monoisotopic (exact) mass is 296 g/mol. The van der Waals surface area contributed by atoms with Crippen LogP contribution in [-0.2, 0) is 0 Å². The van der Waals surface area contributed by atoms with E-state index in [4.69, 9.17) is 10.5 Å². The van der Waals surface area contributed by atoms with E-state index in [2.05, 4.69) is 15.9 Å². The van der Waals surface area contributed by atoms with Crippen LogP contribution in [-0.4, -0.2) is 0 Å². The van der Waals surface area contributed by atoms with Crippen molar-refractivity contribution in [1.29, 1.82) is 10.5 Å². The number of benzene rings is 1. The van der Waals surface area contributed by atoms with E-state index in [1.807, 2.05) is 35.1 Å². The molecule has 1 rings (SSSR count). The average Bonchev–Trinajstić information content (AvgIpc) is 2.25. The summed E-state index contributed by atoms with van der Waals surface area (Å²) in [5.74, 6) is 0. The quantitative estimate of drug-likeness (QED) is 0.785. The van der Waals surface area contributed by atoms with Gasteiger partial charge in [0.05, 0.1) is 0 Å². The minimum absolute atomic E-state index is 0.788. The zero-order valence-corrected chi connectivity index (χ0v) is 10.7. The lowest BCUT2D eigenvalue weighted by atomic mass is 10.2. The third-order valence-electron chi connectivity index (χ3n) is 1.50. The van der Waals surface area contributed by atoms with Crippen molar-refractivity contribution in [3.05, 3.63) is 39.7 Å². The minimum Gasteiger partial charge on any atom is -0.185 e. The molecule has 0 spiro atoms. The minimum atomic E-state index is 0.788. The number of thiocyanates is 2. The molecule has 0 aliphatic carbocycles. The molecule has 0 aromatic heterocycles. The first-order valence-electron chi connectivity index (χ1n) is 3.84. The summed E-state index contributed by atoms with van der Waals surface area (Å²) in [6.45, 7) is 0. The van der Waals surface area contributed by atoms with Gasteiger partial charge >= 0.3 is 0 Å². The van der Waals surface area contributed by atoms with Crippen LogP contribution in [0.5, 0.6) is 0 Å². The SMILES string of the molecule is N#CS/C=C(/SC#N)c1ccc(Br)cc1. The van der Waals surface area contributed by atoms with Crippen molar-refractivity contribution in [2.24, 2.45) is 0 Å². The molecule has 0 heterocycles. The number of hydrogen-bond donors (Lipinski definition) is 0. The van der Waals surface area contributed by atoms with Crippen molar-refractivity contribution in [3.8, 4) is 10.8 Å². The summed E-state index contributed by atoms with van der Waals surface area (Å²) in [5, 5.41) is 22.7. The molecule has 2 nitrogen and oxygen atoms in total. The lowest BCUT2D eigenvalue weighted by Crippen LogP contribution is -1.77. The third-order valence-corrected chi connectivity index (χ3v) is 3.30. The summed E-state index contributed by atoms with van der Waals surface area (Å²) in [4.78, 5) is 0.788. The summed E-state index contributed by atoms with van der Waals surface area (Å²) in [6.07, 6.45) is 0. The van der Waals surface area contributed by atoms with Crippen molar-refractivity contribution < 1.29 is 0 Å². The summed E-state index contributed by atoms with van der Waals surface area (Å²) < 4.78 is 0.987. The molecule has 74 valence electrons. The van der Waals surface area contributed by atoms with E-state index in [0.717, 1.165) is 38.5 Å². The van der Waals surface area contributed by atoms with E-state index in [1.165, 1.54) is 0 Å². The second kappa shape index (κ2) is 6.58. The topological polar surface area (TPSA) is 47.6 Å². The van der Waals surface area contributed by atoms with Crippen molar-refractivity contribution in [2.45, 2.75) is 0 Å². The van der Waals surface area contributed by atoms with E-state index >= 15 is 0 Å². The molecule has 0 amide bonds. The number of nitrogens with zero attached hydrogens (tertiary/aromatic N) is 2. The van der Waals surface area contributed by atoms with Crippen molar-refractivity contribution in [3.63, 3.8) is 0 Å². The Hall–Kier alpha value is -0.880. The van der Waals surface area contributed by atoms with Crippen molar-refractivity contribution >= 4 is 44.4 Å². The first kappa shape index (κ1) is 12.2. The number of halogens is 1. The fourth-order valence-corrected chi connectivity index (χ4v) is 2.14. The summed E-state index contributed by atoms with van der Waals surface area (Å²) >= 11 is 5.41. The Kier molecular flexibility index (Phi) is 5.34. The molecule has 0 aliphatic rings. The van der Waals surface area contributed by atoms with Crippen LogP contribution in [0, 0.1) is 21.3 Å². The van der Waals surface area contributed by atoms with Gasteiger partial charge in [0.1, 0.15) is 10.8 Å². The Labute approximate surface area is 105 Å². The standard InChI is InChI=1S/C10H5BrN2S2/c11-9-3-1-8(2-4-9)10(15-7-13)5-14-6-12/h1-5H/b10-5+. The maximum absolute atomic E-state index is 8.62. The van der Waals surface area contributed by atoms with Gasteiger partial charge in [0.2, 0.25) is 0 Å². The van der Waals surface area contributed by atoms with Crippen molar-refractivity contribution in [2.75, 3.05) is 0 Å². The predicted octanol–water partition coefficient (Wildman–Crippen LogP) is 4.18. The van der Waals surface area contributed by atoms with Crippen LogP contribution in [0.1, 0.15) is 5.56 Å². The van der Waals surface area contributed by atoms with Gasteiger partial charge in [-0.1, -0.05) is 28.1 Å². The summed E-state index contributed by atoms with van der Waals surface area (Å²) in [5.41, 5.74) is 0.938. The smallest absolute Gasteiger partial charge is 0.138 e. The normalized spacial score (nSPS) is 10.5. The molecule has 0 bridgehead atoms. The highest BCUT2D eigenvalue weighted by Crippen LogP contribution is 2.29. The van der Waals surface area contributed by atoms with Gasteiger partial charge in [-0.25, -0.2) is 0 Å². The predicted molar refractivity (Wildman–Crippen MR) is 68.5 cm³/mol. The lowest BCUT2D eigenvalue weighted by Gasteiger charge is -2.01. The number of rotatable bonds is 3. The van der Waals surface area contributed by atoms with Gasteiger partial charge in [0.15, 0.2) is 0 Å². The number of nitriles is 2. The first-order valence-corrected chi connectivity index (χ1v) is 6.33. The van der Waals surface area contributed by atoms with Crippen LogP contribution in [0.2, 0.25) is 0 Å². The maximum Gasteiger partial charge on any atom is 0.138 e. The molecule has 1 aromatic rings. The Morgan fingerprint density at radius 2 is 1.87 bits per heavy atom. The molecule has 0 N–H and O–H groups in total. The molecule has 0 fully saturated rings. The van der Waals surface area contributed by atoms with Gasteiger partial charge < -0.3 is 0 Å². The van der Waals surface area contributed by atoms with Gasteiger partial charge in [-0.05, 0) is 41.2 Å². The highest BCUT2D eigenvalue weighted by atomic mass is 79.9. The van der Waals surface area contributed by atoms with Gasteiger partial charge in [-0.3, -0.25) is 0 Å². The molecule has 1 aromatic carbocycles. The van der Waals surface area contributed by atoms with E-state index in [9.17, 15) is 0 Å². The van der Waals surface area contributed by atoms with E-state index < -0.39 is 0 Å². The third kappa shape index (κ3) is 4.01. The fourth-order valence-electron chi connectivity index (χ4n) is 0.894. The number of thioether (sulfide) groups is 2. The second-order valence-corrected chi connectivity index (χ2v) is 4.79. The highest BCUT2D eigenvalue weighted by molar-refractivity contribution is 9.10. The van der Waals surface area contributed by atoms with Gasteiger partial charge in [-0.2, -0.15) is 10.5 Å². The Morgan fingerprint density at radius 1 is 1.20 bits per heavy atom. The molecule has 0 radical (unpaired) electrons. The fraction of sp³-hybridized carbons (Fsp3) is 0. The van der Waals surface area contributed by atoms with E-state index in [0.29, 0.717) is 0 Å². The molecular weight excluding hydrogens is 292 g/mol. The molecule has 0 unspecified atom stereocenters. The highest BCUT2D eigenvalue weighted by Gasteiger charge is 2.01. The van der Waals surface area contributed by atoms with Gasteiger partial charge in [-0.15, -0.1) is 0 Å². The lowest BCUT2D eigenvalue weighted by molar-refractivity contribution is 1.57. The number of hydrogen-bond acceptors (Lipinski definition) is 4. The second-order valence-electron chi connectivity index (χ2n) is 2.39. The molecule has 0 atom stereocenters. The Morgan fingerprint density at radius 3 is 2.40 bits per heavy atom. The van der Waals surface area contributed by atoms with E-state index in [1.54, 1.807) is 5.41 Å². The van der Waals surface area contributed by atoms with Crippen LogP contribution in [0.15, 0.2) is 34.1 Å². The molecule has 0 aliphatic heterocycles. The Bertz CT molecular complexity index is 440. The molecule has 15 heavy (non-hydrogen) atoms. The summed E-state index contributed by atoms with van der Waals surface area (Å²) in [7, 11) is 0. The molecule has 5 heteroatoms. The maximum atomic E-state index is 8.62. The van der Waals surface area contributed by atoms with Crippen LogP contribution in [0.4, 0.5) is 0 Å². The Balaban J connectivity index is 2.96. The molecule has 0 saturated heterocycles. The average molecular weight is 297 g/mol. The summed E-state index contributed by atoms with van der Waals surface area (Å²) in [6, 6.07) is 7.60. The molecular formula is C10H5BrN2S2. The van der Waals surface area contributed by atoms with Crippen molar-refractivity contribution in [1.82, 2.24) is 0 Å². The first-order chi connectivity index (χ1) is 7.27. The van der Waals surface area contributed by atoms with Crippen LogP contribution in [0.25, 0.3) is 4.91 Å². The van der Waals surface area contributed by atoms with Crippen LogP contribution >= 0.6 is 39.5 Å². The zero-order valence-electron chi connectivity index (χ0n) is 7.48. The van der Waals surface area contributed by atoms with E-state index in [-0.39, 0.29) is 0 Å². The van der Waals surface area contributed by atoms with Crippen LogP contribution < -0.4 is 0 Å².